The van der Waals surface area contributed by atoms with E-state index in [1.165, 1.54) is 0 Å². The van der Waals surface area contributed by atoms with Crippen molar-refractivity contribution >= 4 is 23.5 Å². The lowest BCUT2D eigenvalue weighted by molar-refractivity contribution is 0.0950. The number of nitrogens with zero attached hydrogens (tertiary/aromatic N) is 3. The maximum absolute atomic E-state index is 12.6. The molecular formula is C18H22N4OS. The van der Waals surface area contributed by atoms with Gasteiger partial charge in [0.2, 0.25) is 0 Å². The van der Waals surface area contributed by atoms with E-state index in [2.05, 4.69) is 20.4 Å². The van der Waals surface area contributed by atoms with Crippen LogP contribution in [-0.4, -0.2) is 41.5 Å². The van der Waals surface area contributed by atoms with Crippen LogP contribution in [-0.2, 0) is 0 Å². The number of thioether (sulfide) groups is 1. The lowest BCUT2D eigenvalue weighted by Crippen LogP contribution is -2.40. The van der Waals surface area contributed by atoms with Gasteiger partial charge in [0.15, 0.2) is 5.82 Å². The van der Waals surface area contributed by atoms with Crippen LogP contribution < -0.4 is 10.2 Å². The molecule has 1 unspecified atom stereocenters. The molecule has 126 valence electrons. The summed E-state index contributed by atoms with van der Waals surface area (Å²) in [5.41, 5.74) is 1.76. The number of benzene rings is 1. The minimum Gasteiger partial charge on any atom is -0.350 e. The molecule has 0 bridgehead atoms. The summed E-state index contributed by atoms with van der Waals surface area (Å²) in [6.07, 6.45) is 5.86. The van der Waals surface area contributed by atoms with E-state index < -0.39 is 0 Å². The number of anilines is 1. The monoisotopic (exact) mass is 342 g/mol. The number of carbonyl (C=O) groups excluding carboxylic acids is 1. The van der Waals surface area contributed by atoms with Crippen molar-refractivity contribution in [1.82, 2.24) is 15.5 Å². The van der Waals surface area contributed by atoms with E-state index >= 15 is 0 Å². The van der Waals surface area contributed by atoms with Gasteiger partial charge in [-0.15, -0.1) is 16.9 Å². The zero-order valence-corrected chi connectivity index (χ0v) is 14.8. The van der Waals surface area contributed by atoms with Crippen LogP contribution in [0.5, 0.6) is 0 Å². The van der Waals surface area contributed by atoms with Crippen LogP contribution in [0.4, 0.5) is 5.82 Å². The molecule has 1 aliphatic heterocycles. The molecule has 0 aliphatic carbocycles. The Morgan fingerprint density at radius 2 is 2.29 bits per heavy atom. The van der Waals surface area contributed by atoms with Crippen LogP contribution >= 0.6 is 11.8 Å². The molecule has 2 aromatic rings. The lowest BCUT2D eigenvalue weighted by Gasteiger charge is -2.25. The summed E-state index contributed by atoms with van der Waals surface area (Å²) in [4.78, 5) is 15.9. The lowest BCUT2D eigenvalue weighted by atomic mass is 10.1. The molecule has 1 N–H and O–H groups in total. The van der Waals surface area contributed by atoms with Crippen LogP contribution in [0.1, 0.15) is 28.8 Å². The summed E-state index contributed by atoms with van der Waals surface area (Å²) in [6.45, 7) is 3.55. The Kier molecular flexibility index (Phi) is 5.35. The van der Waals surface area contributed by atoms with Gasteiger partial charge < -0.3 is 10.2 Å². The van der Waals surface area contributed by atoms with E-state index in [4.69, 9.17) is 0 Å². The molecule has 0 saturated carbocycles. The number of aryl methyl sites for hydroxylation is 1. The van der Waals surface area contributed by atoms with Gasteiger partial charge >= 0.3 is 0 Å². The van der Waals surface area contributed by atoms with Gasteiger partial charge in [-0.05, 0) is 55.9 Å². The van der Waals surface area contributed by atoms with E-state index in [9.17, 15) is 4.79 Å². The van der Waals surface area contributed by atoms with Crippen LogP contribution in [0.25, 0.3) is 0 Å². The first-order valence-electron chi connectivity index (χ1n) is 8.16. The fourth-order valence-electron chi connectivity index (χ4n) is 3.07. The molecule has 1 aromatic carbocycles. The number of hydrogen-bond donors (Lipinski definition) is 1. The summed E-state index contributed by atoms with van der Waals surface area (Å²) in [5.74, 6) is 0.879. The van der Waals surface area contributed by atoms with Crippen molar-refractivity contribution in [3.05, 3.63) is 47.7 Å². The first-order valence-corrected chi connectivity index (χ1v) is 9.38. The van der Waals surface area contributed by atoms with Gasteiger partial charge in [0.05, 0.1) is 0 Å². The Bertz CT molecular complexity index is 707. The van der Waals surface area contributed by atoms with Gasteiger partial charge in [-0.2, -0.15) is 5.10 Å². The summed E-state index contributed by atoms with van der Waals surface area (Å²) < 4.78 is 0. The molecule has 1 atom stereocenters. The summed E-state index contributed by atoms with van der Waals surface area (Å²) in [7, 11) is 0. The molecule has 2 heterocycles. The predicted octanol–water partition coefficient (Wildman–Crippen LogP) is 2.91. The molecular weight excluding hydrogens is 320 g/mol. The number of amides is 1. The van der Waals surface area contributed by atoms with Crippen molar-refractivity contribution in [2.75, 3.05) is 24.2 Å². The topological polar surface area (TPSA) is 58.1 Å². The normalized spacial score (nSPS) is 17.1. The maximum Gasteiger partial charge on any atom is 0.251 e. The molecule has 1 aromatic heterocycles. The van der Waals surface area contributed by atoms with Crippen molar-refractivity contribution in [1.29, 1.82) is 0 Å². The molecule has 6 heteroatoms. The highest BCUT2D eigenvalue weighted by Gasteiger charge is 2.26. The number of hydrogen-bond acceptors (Lipinski definition) is 5. The van der Waals surface area contributed by atoms with Gasteiger partial charge in [-0.1, -0.05) is 6.07 Å². The number of aromatic nitrogens is 2. The zero-order valence-electron chi connectivity index (χ0n) is 14.0. The van der Waals surface area contributed by atoms with Crippen molar-refractivity contribution in [2.45, 2.75) is 30.7 Å². The highest BCUT2D eigenvalue weighted by atomic mass is 32.2. The quantitative estimate of drug-likeness (QED) is 0.847. The Morgan fingerprint density at radius 3 is 3.04 bits per heavy atom. The third kappa shape index (κ3) is 3.70. The average Bonchev–Trinajstić information content (AvgIpc) is 3.09. The number of nitrogens with one attached hydrogen (secondary N) is 1. The zero-order chi connectivity index (χ0) is 16.9. The highest BCUT2D eigenvalue weighted by molar-refractivity contribution is 7.98. The maximum atomic E-state index is 12.6. The van der Waals surface area contributed by atoms with Crippen LogP contribution in [0, 0.1) is 6.92 Å². The fraction of sp³-hybridized carbons (Fsp3) is 0.389. The van der Waals surface area contributed by atoms with Crippen molar-refractivity contribution in [3.63, 3.8) is 0 Å². The van der Waals surface area contributed by atoms with E-state index in [0.29, 0.717) is 6.54 Å². The summed E-state index contributed by atoms with van der Waals surface area (Å²) in [5, 5.41) is 11.2. The summed E-state index contributed by atoms with van der Waals surface area (Å²) in [6, 6.07) is 10.2. The van der Waals surface area contributed by atoms with E-state index in [0.717, 1.165) is 41.2 Å². The Morgan fingerprint density at radius 1 is 1.42 bits per heavy atom. The molecule has 0 radical (unpaired) electrons. The van der Waals surface area contributed by atoms with E-state index in [1.54, 1.807) is 18.0 Å². The molecule has 1 aliphatic rings. The molecule has 1 saturated heterocycles. The standard InChI is InChI=1S/C18H22N4OS/c1-13-7-8-15(24-2)11-16(13)18(23)19-12-14-5-4-10-22(14)17-6-3-9-20-21-17/h3,6-9,11,14H,4-5,10,12H2,1-2H3,(H,19,23). The molecule has 24 heavy (non-hydrogen) atoms. The van der Waals surface area contributed by atoms with Gasteiger partial charge in [-0.3, -0.25) is 4.79 Å². The van der Waals surface area contributed by atoms with Crippen LogP contribution in [0.3, 0.4) is 0 Å². The van der Waals surface area contributed by atoms with Crippen LogP contribution in [0.15, 0.2) is 41.4 Å². The number of rotatable bonds is 5. The molecule has 0 spiro atoms. The smallest absolute Gasteiger partial charge is 0.251 e. The molecule has 3 rings (SSSR count). The second kappa shape index (κ2) is 7.66. The van der Waals surface area contributed by atoms with E-state index in [1.807, 2.05) is 43.5 Å². The number of carbonyl (C=O) groups is 1. The third-order valence-electron chi connectivity index (χ3n) is 4.42. The minimum absolute atomic E-state index is 0.00519. The first kappa shape index (κ1) is 16.8. The second-order valence-corrected chi connectivity index (χ2v) is 6.84. The Labute approximate surface area is 146 Å². The molecule has 1 amide bonds. The fourth-order valence-corrected chi connectivity index (χ4v) is 3.51. The Balaban J connectivity index is 1.66. The van der Waals surface area contributed by atoms with Gasteiger partial charge in [0.25, 0.3) is 5.91 Å². The van der Waals surface area contributed by atoms with Crippen molar-refractivity contribution in [2.24, 2.45) is 0 Å². The van der Waals surface area contributed by atoms with Gasteiger partial charge in [0.1, 0.15) is 0 Å². The molecule has 1 fully saturated rings. The first-order chi connectivity index (χ1) is 11.7. The van der Waals surface area contributed by atoms with Crippen LogP contribution in [0.2, 0.25) is 0 Å². The largest absolute Gasteiger partial charge is 0.350 e. The van der Waals surface area contributed by atoms with Gasteiger partial charge in [-0.25, -0.2) is 0 Å². The molecule has 5 nitrogen and oxygen atoms in total. The minimum atomic E-state index is -0.00519. The third-order valence-corrected chi connectivity index (χ3v) is 5.14. The van der Waals surface area contributed by atoms with Crippen molar-refractivity contribution < 1.29 is 4.79 Å². The van der Waals surface area contributed by atoms with E-state index in [-0.39, 0.29) is 11.9 Å². The average molecular weight is 342 g/mol. The van der Waals surface area contributed by atoms with Crippen molar-refractivity contribution in [3.8, 4) is 0 Å². The van der Waals surface area contributed by atoms with Gasteiger partial charge in [0, 0.05) is 35.8 Å². The Hall–Kier alpha value is -2.08. The second-order valence-electron chi connectivity index (χ2n) is 5.96. The summed E-state index contributed by atoms with van der Waals surface area (Å²) >= 11 is 1.65. The highest BCUT2D eigenvalue weighted by Crippen LogP contribution is 2.23. The predicted molar refractivity (Wildman–Crippen MR) is 97.7 cm³/mol. The SMILES string of the molecule is CSc1ccc(C)c(C(=O)NCC2CCCN2c2cccnn2)c1.